The van der Waals surface area contributed by atoms with Gasteiger partial charge in [0.1, 0.15) is 0 Å². The second kappa shape index (κ2) is 18.0. The third-order valence-corrected chi connectivity index (χ3v) is 4.23. The third-order valence-electron chi connectivity index (χ3n) is 4.23. The van der Waals surface area contributed by atoms with Crippen molar-refractivity contribution in [1.29, 1.82) is 0 Å². The van der Waals surface area contributed by atoms with Crippen LogP contribution >= 0.6 is 0 Å². The van der Waals surface area contributed by atoms with Crippen molar-refractivity contribution in [3.63, 3.8) is 0 Å². The second-order valence-electron chi connectivity index (χ2n) is 6.23. The molecule has 2 heteroatoms. The van der Waals surface area contributed by atoms with E-state index in [0.29, 0.717) is 0 Å². The Kier molecular flexibility index (Phi) is 19.8. The number of hydrogen-bond donors (Lipinski definition) is 0. The second-order valence-corrected chi connectivity index (χ2v) is 6.23. The molecule has 0 saturated heterocycles. The van der Waals surface area contributed by atoms with Gasteiger partial charge in [-0.15, -0.1) is 0 Å². The molecule has 0 N–H and O–H groups in total. The van der Waals surface area contributed by atoms with E-state index in [-0.39, 0.29) is 1.43 Å². The van der Waals surface area contributed by atoms with Gasteiger partial charge in [-0.3, -0.25) is 0 Å². The Morgan fingerprint density at radius 2 is 0.857 bits per heavy atom. The number of nitrogens with zero attached hydrogens (tertiary/aromatic N) is 1. The maximum atomic E-state index is 4.54. The quantitative estimate of drug-likeness (QED) is 0.392. The van der Waals surface area contributed by atoms with Crippen LogP contribution in [-0.4, -0.2) is 44.4 Å². The molecular formula is C19H45NO+2. The minimum atomic E-state index is 0. The summed E-state index contributed by atoms with van der Waals surface area (Å²) in [5.41, 5.74) is 0. The van der Waals surface area contributed by atoms with E-state index in [2.05, 4.69) is 32.4 Å². The zero-order valence-corrected chi connectivity index (χ0v) is 16.0. The van der Waals surface area contributed by atoms with Crippen LogP contribution in [0.4, 0.5) is 0 Å². The molecular weight excluding hydrogens is 258 g/mol. The molecule has 0 amide bonds. The van der Waals surface area contributed by atoms with Gasteiger partial charge in [-0.05, 0) is 32.6 Å². The Bertz CT molecular complexity index is 149. The van der Waals surface area contributed by atoms with E-state index < -0.39 is 0 Å². The summed E-state index contributed by atoms with van der Waals surface area (Å²) in [6, 6.07) is 0. The fourth-order valence-electron chi connectivity index (χ4n) is 2.64. The van der Waals surface area contributed by atoms with Gasteiger partial charge in [0, 0.05) is 13.7 Å². The number of methoxy groups -OCH3 is 1. The van der Waals surface area contributed by atoms with E-state index >= 15 is 0 Å². The number of quaternary nitrogens is 1. The lowest BCUT2D eigenvalue weighted by atomic mass is 10.1. The molecule has 0 aromatic carbocycles. The summed E-state index contributed by atoms with van der Waals surface area (Å²) < 4.78 is 5.96. The Hall–Kier alpha value is -0.0800. The summed E-state index contributed by atoms with van der Waals surface area (Å²) in [4.78, 5) is 0. The fourth-order valence-corrected chi connectivity index (χ4v) is 2.64. The topological polar surface area (TPSA) is 9.23 Å². The van der Waals surface area contributed by atoms with Crippen molar-refractivity contribution in [1.82, 2.24) is 0 Å². The highest BCUT2D eigenvalue weighted by molar-refractivity contribution is 4.49. The normalized spacial score (nSPS) is 11.1. The molecule has 130 valence electrons. The van der Waals surface area contributed by atoms with Gasteiger partial charge in [0.05, 0.1) is 26.2 Å². The van der Waals surface area contributed by atoms with Crippen LogP contribution in [0.1, 0.15) is 87.4 Å². The maximum absolute atomic E-state index is 4.54. The zero-order chi connectivity index (χ0) is 16.4. The van der Waals surface area contributed by atoms with Crippen molar-refractivity contribution in [3.05, 3.63) is 0 Å². The van der Waals surface area contributed by atoms with E-state index in [1.807, 2.05) is 6.92 Å². The Labute approximate surface area is 137 Å². The minimum absolute atomic E-state index is 0. The van der Waals surface area contributed by atoms with Crippen molar-refractivity contribution in [2.45, 2.75) is 86.0 Å². The molecule has 0 bridgehead atoms. The molecule has 0 unspecified atom stereocenters. The summed E-state index contributed by atoms with van der Waals surface area (Å²) in [7, 11) is 1.68. The average Bonchev–Trinajstić information content (AvgIpc) is 2.53. The van der Waals surface area contributed by atoms with E-state index in [9.17, 15) is 0 Å². The van der Waals surface area contributed by atoms with Gasteiger partial charge in [-0.2, -0.15) is 0 Å². The van der Waals surface area contributed by atoms with Crippen molar-refractivity contribution >= 4 is 0 Å². The third kappa shape index (κ3) is 14.6. The monoisotopic (exact) mass is 303 g/mol. The molecule has 0 radical (unpaired) electrons. The molecule has 0 saturated carbocycles. The van der Waals surface area contributed by atoms with Crippen molar-refractivity contribution in [2.75, 3.05) is 39.9 Å². The lowest BCUT2D eigenvalue weighted by Crippen LogP contribution is -2.50. The summed E-state index contributed by atoms with van der Waals surface area (Å²) >= 11 is 0. The van der Waals surface area contributed by atoms with Gasteiger partial charge in [-0.25, -0.2) is 0 Å². The van der Waals surface area contributed by atoms with Gasteiger partial charge in [0.2, 0.25) is 0 Å². The van der Waals surface area contributed by atoms with Gasteiger partial charge >= 0.3 is 1.43 Å². The highest BCUT2D eigenvalue weighted by atomic mass is 16.5. The molecule has 0 aromatic rings. The summed E-state index contributed by atoms with van der Waals surface area (Å²) in [6.07, 6.45) is 11.1. The fraction of sp³-hybridized carbons (Fsp3) is 1.00. The van der Waals surface area contributed by atoms with Crippen LogP contribution in [0.3, 0.4) is 0 Å². The molecule has 0 spiro atoms. The van der Waals surface area contributed by atoms with Gasteiger partial charge < -0.3 is 9.22 Å². The molecule has 0 aliphatic heterocycles. The van der Waals surface area contributed by atoms with Crippen LogP contribution in [0.15, 0.2) is 0 Å². The summed E-state index contributed by atoms with van der Waals surface area (Å²) in [5.74, 6) is 0. The molecule has 0 fully saturated rings. The van der Waals surface area contributed by atoms with Crippen LogP contribution in [0.25, 0.3) is 0 Å². The Balaban J connectivity index is -0.000000640. The molecule has 21 heavy (non-hydrogen) atoms. The molecule has 0 aliphatic rings. The lowest BCUT2D eigenvalue weighted by Gasteiger charge is -2.39. The van der Waals surface area contributed by atoms with E-state index in [1.165, 1.54) is 82.0 Å². The average molecular weight is 304 g/mol. The van der Waals surface area contributed by atoms with Crippen LogP contribution in [0.5, 0.6) is 0 Å². The Morgan fingerprint density at radius 3 is 1.00 bits per heavy atom. The van der Waals surface area contributed by atoms with Gasteiger partial charge in [-0.1, -0.05) is 53.4 Å². The van der Waals surface area contributed by atoms with Crippen LogP contribution in [0.2, 0.25) is 0 Å². The Morgan fingerprint density at radius 1 is 0.619 bits per heavy atom. The summed E-state index contributed by atoms with van der Waals surface area (Å²) in [6.45, 7) is 17.8. The van der Waals surface area contributed by atoms with Crippen LogP contribution in [-0.2, 0) is 4.74 Å². The number of unbranched alkanes of at least 4 members (excludes halogenated alkanes) is 4. The standard InChI is InChI=1S/C16H36N.C3H8O/c1-5-9-13-17(14-10-6-2,15-11-7-3)16-12-8-4;1-3-4-2/h5-16H2,1-4H3;3H2,1-2H3/q+1;/p+1. The smallest absolute Gasteiger partial charge is 0.385 e. The number of hydrogen-bond acceptors (Lipinski definition) is 1. The molecule has 0 aromatic heterocycles. The first-order valence-electron chi connectivity index (χ1n) is 9.50. The summed E-state index contributed by atoms with van der Waals surface area (Å²) in [5, 5.41) is 0. The van der Waals surface area contributed by atoms with Crippen molar-refractivity contribution in [2.24, 2.45) is 0 Å². The number of rotatable bonds is 13. The van der Waals surface area contributed by atoms with Crippen molar-refractivity contribution in [3.8, 4) is 0 Å². The molecule has 0 aliphatic carbocycles. The minimum Gasteiger partial charge on any atom is -0.385 e. The first-order chi connectivity index (χ1) is 10.2. The van der Waals surface area contributed by atoms with Crippen LogP contribution in [0, 0.1) is 0 Å². The lowest BCUT2D eigenvalue weighted by molar-refractivity contribution is -0.929. The number of ether oxygens (including phenoxy) is 1. The van der Waals surface area contributed by atoms with Gasteiger partial charge in [0.15, 0.2) is 0 Å². The molecule has 0 rings (SSSR count). The zero-order valence-electron chi connectivity index (χ0n) is 17.0. The van der Waals surface area contributed by atoms with Crippen molar-refractivity contribution < 1.29 is 10.6 Å². The largest absolute Gasteiger partial charge is 1.00 e. The van der Waals surface area contributed by atoms with E-state index in [0.717, 1.165) is 6.61 Å². The predicted molar refractivity (Wildman–Crippen MR) is 98.0 cm³/mol. The molecule has 2 nitrogen and oxygen atoms in total. The SMILES string of the molecule is CCCC[N+](CCCC)(CCCC)CCCC.CCOC.[H+]. The molecule has 0 heterocycles. The predicted octanol–water partition coefficient (Wildman–Crippen LogP) is 5.77. The highest BCUT2D eigenvalue weighted by Gasteiger charge is 2.24. The first-order valence-corrected chi connectivity index (χ1v) is 9.50. The van der Waals surface area contributed by atoms with E-state index in [4.69, 9.17) is 0 Å². The highest BCUT2D eigenvalue weighted by Crippen LogP contribution is 2.16. The van der Waals surface area contributed by atoms with Crippen LogP contribution < -0.4 is 0 Å². The maximum Gasteiger partial charge on any atom is 1.00 e. The first kappa shape index (κ1) is 23.2. The van der Waals surface area contributed by atoms with Gasteiger partial charge in [0.25, 0.3) is 0 Å². The molecule has 0 atom stereocenters. The van der Waals surface area contributed by atoms with E-state index in [1.54, 1.807) is 7.11 Å².